The van der Waals surface area contributed by atoms with Crippen molar-refractivity contribution in [1.29, 1.82) is 0 Å². The standard InChI is InChI=1S/C21H21N3O3/c1-13-8-10-15(11-9-13)24-19(25)16-12-22-18(17(16)20(24)26)21(27)23(2)14-6-4-3-5-7-14/h3-11,16-18,22H,12H2,1-2H3/t16-,17-,18-/m1/s1. The summed E-state index contributed by atoms with van der Waals surface area (Å²) in [6, 6.07) is 15.8. The number of benzene rings is 2. The fourth-order valence-corrected chi connectivity index (χ4v) is 3.90. The van der Waals surface area contributed by atoms with Gasteiger partial charge in [-0.05, 0) is 31.2 Å². The molecule has 2 saturated heterocycles. The highest BCUT2D eigenvalue weighted by Crippen LogP contribution is 2.37. The number of rotatable bonds is 3. The number of nitrogens with one attached hydrogen (secondary N) is 1. The van der Waals surface area contributed by atoms with Crippen LogP contribution >= 0.6 is 0 Å². The van der Waals surface area contributed by atoms with E-state index in [0.717, 1.165) is 11.3 Å². The van der Waals surface area contributed by atoms with Gasteiger partial charge in [-0.1, -0.05) is 35.9 Å². The van der Waals surface area contributed by atoms with Crippen LogP contribution in [0.5, 0.6) is 0 Å². The minimum atomic E-state index is -0.702. The second-order valence-electron chi connectivity index (χ2n) is 7.10. The molecule has 0 aliphatic carbocycles. The van der Waals surface area contributed by atoms with Gasteiger partial charge >= 0.3 is 0 Å². The van der Waals surface area contributed by atoms with Gasteiger partial charge in [0.25, 0.3) is 0 Å². The van der Waals surface area contributed by atoms with E-state index < -0.39 is 17.9 Å². The maximum Gasteiger partial charge on any atom is 0.244 e. The lowest BCUT2D eigenvalue weighted by molar-refractivity contribution is -0.127. The molecule has 2 heterocycles. The number of nitrogens with zero attached hydrogens (tertiary/aromatic N) is 2. The van der Waals surface area contributed by atoms with Crippen LogP contribution < -0.4 is 15.1 Å². The van der Waals surface area contributed by atoms with Crippen molar-refractivity contribution in [2.45, 2.75) is 13.0 Å². The molecule has 0 unspecified atom stereocenters. The third-order valence-electron chi connectivity index (χ3n) is 5.43. The molecule has 27 heavy (non-hydrogen) atoms. The van der Waals surface area contributed by atoms with Crippen LogP contribution in [-0.4, -0.2) is 37.4 Å². The Labute approximate surface area is 157 Å². The van der Waals surface area contributed by atoms with Crippen molar-refractivity contribution in [3.63, 3.8) is 0 Å². The first kappa shape index (κ1) is 17.4. The van der Waals surface area contributed by atoms with E-state index in [1.165, 1.54) is 9.80 Å². The first-order valence-electron chi connectivity index (χ1n) is 8.99. The zero-order chi connectivity index (χ0) is 19.1. The number of anilines is 2. The van der Waals surface area contributed by atoms with Crippen LogP contribution in [0.4, 0.5) is 11.4 Å². The summed E-state index contributed by atoms with van der Waals surface area (Å²) < 4.78 is 0. The molecule has 6 nitrogen and oxygen atoms in total. The predicted octanol–water partition coefficient (Wildman–Crippen LogP) is 1.74. The first-order chi connectivity index (χ1) is 13.0. The quantitative estimate of drug-likeness (QED) is 0.844. The van der Waals surface area contributed by atoms with Crippen molar-refractivity contribution in [2.24, 2.45) is 11.8 Å². The lowest BCUT2D eigenvalue weighted by Gasteiger charge is -2.24. The van der Waals surface area contributed by atoms with E-state index in [9.17, 15) is 14.4 Å². The third-order valence-corrected chi connectivity index (χ3v) is 5.43. The van der Waals surface area contributed by atoms with Gasteiger partial charge in [-0.15, -0.1) is 0 Å². The number of aryl methyl sites for hydroxylation is 1. The molecule has 0 radical (unpaired) electrons. The summed E-state index contributed by atoms with van der Waals surface area (Å²) in [5.41, 5.74) is 2.37. The summed E-state index contributed by atoms with van der Waals surface area (Å²) in [6.45, 7) is 2.28. The molecule has 0 aromatic heterocycles. The molecule has 2 aliphatic rings. The van der Waals surface area contributed by atoms with Gasteiger partial charge in [-0.3, -0.25) is 14.4 Å². The van der Waals surface area contributed by atoms with E-state index in [1.54, 1.807) is 19.2 Å². The van der Waals surface area contributed by atoms with E-state index in [1.807, 2.05) is 49.4 Å². The minimum absolute atomic E-state index is 0.208. The molecule has 6 heteroatoms. The largest absolute Gasteiger partial charge is 0.314 e. The summed E-state index contributed by atoms with van der Waals surface area (Å²) in [5.74, 6) is -1.92. The van der Waals surface area contributed by atoms with Crippen LogP contribution in [0.15, 0.2) is 54.6 Å². The Hall–Kier alpha value is -2.99. The third kappa shape index (κ3) is 2.82. The van der Waals surface area contributed by atoms with Crippen molar-refractivity contribution >= 4 is 29.1 Å². The fourth-order valence-electron chi connectivity index (χ4n) is 3.90. The predicted molar refractivity (Wildman–Crippen MR) is 102 cm³/mol. The average molecular weight is 363 g/mol. The van der Waals surface area contributed by atoms with Gasteiger partial charge in [-0.2, -0.15) is 0 Å². The molecule has 2 aromatic rings. The molecule has 3 amide bonds. The highest BCUT2D eigenvalue weighted by molar-refractivity contribution is 6.24. The molecule has 4 rings (SSSR count). The monoisotopic (exact) mass is 363 g/mol. The zero-order valence-electron chi connectivity index (χ0n) is 15.3. The first-order valence-corrected chi connectivity index (χ1v) is 8.99. The Kier molecular flexibility index (Phi) is 4.28. The Bertz CT molecular complexity index is 895. The molecule has 0 bridgehead atoms. The number of carbonyl (C=O) groups is 3. The number of imide groups is 1. The molecule has 2 fully saturated rings. The Morgan fingerprint density at radius 3 is 2.37 bits per heavy atom. The summed E-state index contributed by atoms with van der Waals surface area (Å²) >= 11 is 0. The molecule has 3 atom stereocenters. The van der Waals surface area contributed by atoms with Crippen LogP contribution in [0.3, 0.4) is 0 Å². The van der Waals surface area contributed by atoms with E-state index in [-0.39, 0.29) is 17.7 Å². The molecule has 2 aromatic carbocycles. The number of carbonyl (C=O) groups excluding carboxylic acids is 3. The highest BCUT2D eigenvalue weighted by Gasteiger charge is 2.57. The number of hydrogen-bond donors (Lipinski definition) is 1. The van der Waals surface area contributed by atoms with Gasteiger partial charge < -0.3 is 10.2 Å². The normalized spacial score (nSPS) is 24.2. The Morgan fingerprint density at radius 2 is 1.70 bits per heavy atom. The lowest BCUT2D eigenvalue weighted by atomic mass is 9.92. The second-order valence-corrected chi connectivity index (χ2v) is 7.10. The van der Waals surface area contributed by atoms with E-state index in [4.69, 9.17) is 0 Å². The molecule has 1 N–H and O–H groups in total. The molecule has 138 valence electrons. The second kappa shape index (κ2) is 6.63. The van der Waals surface area contributed by atoms with Gasteiger partial charge in [0.1, 0.15) is 0 Å². The summed E-state index contributed by atoms with van der Waals surface area (Å²) in [5, 5.41) is 3.09. The van der Waals surface area contributed by atoms with Crippen LogP contribution in [-0.2, 0) is 14.4 Å². The molecular weight excluding hydrogens is 342 g/mol. The SMILES string of the molecule is Cc1ccc(N2C(=O)[C@@H]3[C@@H](CN[C@H]3C(=O)N(C)c3ccccc3)C2=O)cc1. The Balaban J connectivity index is 1.60. The van der Waals surface area contributed by atoms with E-state index in [2.05, 4.69) is 5.32 Å². The maximum absolute atomic E-state index is 13.1. The summed E-state index contributed by atoms with van der Waals surface area (Å²) in [6.07, 6.45) is 0. The average Bonchev–Trinajstić information content (AvgIpc) is 3.23. The number of likely N-dealkylation sites (N-methyl/N-ethyl adjacent to an activating group) is 1. The number of para-hydroxylation sites is 1. The van der Waals surface area contributed by atoms with Crippen LogP contribution in [0.25, 0.3) is 0 Å². The number of amides is 3. The van der Waals surface area contributed by atoms with Crippen molar-refractivity contribution in [2.75, 3.05) is 23.4 Å². The fraction of sp³-hybridized carbons (Fsp3) is 0.286. The Morgan fingerprint density at radius 1 is 1.04 bits per heavy atom. The molecule has 2 aliphatic heterocycles. The number of fused-ring (bicyclic) bond motifs is 1. The summed E-state index contributed by atoms with van der Waals surface area (Å²) in [7, 11) is 1.69. The highest BCUT2D eigenvalue weighted by atomic mass is 16.2. The molecule has 0 saturated carbocycles. The van der Waals surface area contributed by atoms with Crippen LogP contribution in [0.1, 0.15) is 5.56 Å². The van der Waals surface area contributed by atoms with Crippen LogP contribution in [0, 0.1) is 18.8 Å². The van der Waals surface area contributed by atoms with E-state index in [0.29, 0.717) is 12.2 Å². The van der Waals surface area contributed by atoms with Gasteiger partial charge in [0, 0.05) is 19.3 Å². The summed E-state index contributed by atoms with van der Waals surface area (Å²) in [4.78, 5) is 41.7. The topological polar surface area (TPSA) is 69.7 Å². The maximum atomic E-state index is 13.1. The van der Waals surface area contributed by atoms with Gasteiger partial charge in [-0.25, -0.2) is 4.90 Å². The number of hydrogen-bond acceptors (Lipinski definition) is 4. The molecular formula is C21H21N3O3. The smallest absolute Gasteiger partial charge is 0.244 e. The van der Waals surface area contributed by atoms with Gasteiger partial charge in [0.05, 0.1) is 23.6 Å². The zero-order valence-corrected chi connectivity index (χ0v) is 15.3. The van der Waals surface area contributed by atoms with Gasteiger partial charge in [0.2, 0.25) is 17.7 Å². The van der Waals surface area contributed by atoms with Gasteiger partial charge in [0.15, 0.2) is 0 Å². The lowest BCUT2D eigenvalue weighted by Crippen LogP contribution is -2.48. The van der Waals surface area contributed by atoms with E-state index >= 15 is 0 Å². The van der Waals surface area contributed by atoms with Crippen molar-refractivity contribution in [3.05, 3.63) is 60.2 Å². The van der Waals surface area contributed by atoms with Crippen molar-refractivity contribution < 1.29 is 14.4 Å². The van der Waals surface area contributed by atoms with Crippen molar-refractivity contribution in [1.82, 2.24) is 5.32 Å². The van der Waals surface area contributed by atoms with Crippen LogP contribution in [0.2, 0.25) is 0 Å². The van der Waals surface area contributed by atoms with Crippen molar-refractivity contribution in [3.8, 4) is 0 Å². The molecule has 0 spiro atoms. The minimum Gasteiger partial charge on any atom is -0.314 e.